The van der Waals surface area contributed by atoms with Gasteiger partial charge < -0.3 is 0 Å². The molecule has 2 aromatic rings. The quantitative estimate of drug-likeness (QED) is 0.363. The number of rotatable bonds is 3. The Kier molecular flexibility index (Phi) is 4.66. The zero-order valence-corrected chi connectivity index (χ0v) is 12.7. The molecule has 2 rings (SSSR count). The van der Waals surface area contributed by atoms with Crippen molar-refractivity contribution in [2.24, 2.45) is 5.84 Å². The van der Waals surface area contributed by atoms with E-state index in [-0.39, 0.29) is 5.56 Å². The summed E-state index contributed by atoms with van der Waals surface area (Å²) in [5.74, 6) is 1.53. The van der Waals surface area contributed by atoms with E-state index in [4.69, 9.17) is 5.84 Å². The summed E-state index contributed by atoms with van der Waals surface area (Å²) in [6, 6.07) is 6.80. The molecule has 0 aliphatic rings. The predicted molar refractivity (Wildman–Crippen MR) is 79.4 cm³/mol. The lowest BCUT2D eigenvalue weighted by atomic mass is 9.97. The second-order valence-corrected chi connectivity index (χ2v) is 5.42. The van der Waals surface area contributed by atoms with Crippen molar-refractivity contribution in [3.05, 3.63) is 68.0 Å². The minimum Gasteiger partial charge on any atom is -0.271 e. The summed E-state index contributed by atoms with van der Waals surface area (Å²) in [5.41, 5.74) is 4.12. The first-order valence-corrected chi connectivity index (χ1v) is 6.89. The summed E-state index contributed by atoms with van der Waals surface area (Å²) in [6.45, 7) is 1.90. The predicted octanol–water partition coefficient (Wildman–Crippen LogP) is 3.57. The molecule has 1 unspecified atom stereocenters. The van der Waals surface area contributed by atoms with Crippen LogP contribution in [0, 0.1) is 27.9 Å². The summed E-state index contributed by atoms with van der Waals surface area (Å²) in [7, 11) is 0. The van der Waals surface area contributed by atoms with Gasteiger partial charge in [0, 0.05) is 9.13 Å². The van der Waals surface area contributed by atoms with Crippen LogP contribution in [0.3, 0.4) is 0 Å². The fraction of sp³-hybridized carbons (Fsp3) is 0.143. The highest BCUT2D eigenvalue weighted by molar-refractivity contribution is 14.1. The Morgan fingerprint density at radius 1 is 1.05 bits per heavy atom. The molecule has 0 aliphatic carbocycles. The Morgan fingerprint density at radius 2 is 1.75 bits per heavy atom. The first-order valence-electron chi connectivity index (χ1n) is 5.82. The molecule has 0 heterocycles. The first kappa shape index (κ1) is 15.3. The molecule has 20 heavy (non-hydrogen) atoms. The lowest BCUT2D eigenvalue weighted by molar-refractivity contribution is 0.433. The van der Waals surface area contributed by atoms with E-state index in [1.54, 1.807) is 12.1 Å². The molecule has 106 valence electrons. The van der Waals surface area contributed by atoms with Gasteiger partial charge in [-0.2, -0.15) is 0 Å². The van der Waals surface area contributed by atoms with Gasteiger partial charge in [0.05, 0.1) is 6.04 Å². The second kappa shape index (κ2) is 6.11. The molecule has 0 saturated carbocycles. The molecule has 6 heteroatoms. The maximum atomic E-state index is 13.9. The van der Waals surface area contributed by atoms with Crippen molar-refractivity contribution in [1.82, 2.24) is 5.43 Å². The van der Waals surface area contributed by atoms with Crippen molar-refractivity contribution < 1.29 is 13.2 Å². The number of aryl methyl sites for hydroxylation is 1. The highest BCUT2D eigenvalue weighted by atomic mass is 127. The Bertz CT molecular complexity index is 647. The lowest BCUT2D eigenvalue weighted by Gasteiger charge is -2.20. The second-order valence-electron chi connectivity index (χ2n) is 4.34. The van der Waals surface area contributed by atoms with Crippen molar-refractivity contribution >= 4 is 22.6 Å². The Balaban J connectivity index is 2.59. The highest BCUT2D eigenvalue weighted by Gasteiger charge is 2.23. The molecule has 0 bridgehead atoms. The largest absolute Gasteiger partial charge is 0.271 e. The molecular formula is C14H12F3IN2. The van der Waals surface area contributed by atoms with Gasteiger partial charge in [0.25, 0.3) is 0 Å². The molecule has 0 saturated heterocycles. The lowest BCUT2D eigenvalue weighted by Crippen LogP contribution is -2.30. The summed E-state index contributed by atoms with van der Waals surface area (Å²) in [4.78, 5) is 0. The van der Waals surface area contributed by atoms with Crippen LogP contribution in [-0.4, -0.2) is 0 Å². The van der Waals surface area contributed by atoms with Crippen molar-refractivity contribution in [3.8, 4) is 0 Å². The van der Waals surface area contributed by atoms with Gasteiger partial charge in [0.1, 0.15) is 0 Å². The normalized spacial score (nSPS) is 12.5. The van der Waals surface area contributed by atoms with E-state index >= 15 is 0 Å². The minimum atomic E-state index is -1.49. The van der Waals surface area contributed by atoms with Gasteiger partial charge >= 0.3 is 0 Å². The summed E-state index contributed by atoms with van der Waals surface area (Å²) >= 11 is 2.11. The number of nitrogens with one attached hydrogen (secondary N) is 1. The van der Waals surface area contributed by atoms with Gasteiger partial charge in [0.15, 0.2) is 17.5 Å². The zero-order valence-electron chi connectivity index (χ0n) is 10.6. The van der Waals surface area contributed by atoms with Crippen LogP contribution in [-0.2, 0) is 0 Å². The zero-order chi connectivity index (χ0) is 14.9. The third kappa shape index (κ3) is 2.68. The first-order chi connectivity index (χ1) is 9.47. The molecule has 0 amide bonds. The van der Waals surface area contributed by atoms with E-state index < -0.39 is 23.5 Å². The highest BCUT2D eigenvalue weighted by Crippen LogP contribution is 2.30. The van der Waals surface area contributed by atoms with Crippen LogP contribution in [0.1, 0.15) is 22.7 Å². The number of hydrazine groups is 1. The maximum Gasteiger partial charge on any atom is 0.194 e. The smallest absolute Gasteiger partial charge is 0.194 e. The average Bonchev–Trinajstić information content (AvgIpc) is 2.44. The van der Waals surface area contributed by atoms with Crippen molar-refractivity contribution in [3.63, 3.8) is 0 Å². The van der Waals surface area contributed by atoms with Crippen LogP contribution in [0.25, 0.3) is 0 Å². The van der Waals surface area contributed by atoms with Crippen LogP contribution >= 0.6 is 22.6 Å². The molecular weight excluding hydrogens is 380 g/mol. The van der Waals surface area contributed by atoms with Crippen LogP contribution in [0.5, 0.6) is 0 Å². The van der Waals surface area contributed by atoms with Gasteiger partial charge in [-0.25, -0.2) is 18.6 Å². The number of hydrogen-bond donors (Lipinski definition) is 2. The molecule has 1 atom stereocenters. The topological polar surface area (TPSA) is 38.0 Å². The Morgan fingerprint density at radius 3 is 2.40 bits per heavy atom. The molecule has 3 N–H and O–H groups in total. The van der Waals surface area contributed by atoms with Gasteiger partial charge in [-0.1, -0.05) is 24.3 Å². The van der Waals surface area contributed by atoms with E-state index in [1.165, 1.54) is 6.07 Å². The number of halogens is 4. The summed E-state index contributed by atoms with van der Waals surface area (Å²) < 4.78 is 41.2. The number of benzene rings is 2. The average molecular weight is 392 g/mol. The molecule has 2 aromatic carbocycles. The molecule has 0 aliphatic heterocycles. The molecule has 0 spiro atoms. The number of nitrogens with two attached hydrogens (primary N) is 1. The minimum absolute atomic E-state index is 0.0325. The van der Waals surface area contributed by atoms with Crippen molar-refractivity contribution in [2.75, 3.05) is 0 Å². The molecule has 2 nitrogen and oxygen atoms in total. The van der Waals surface area contributed by atoms with E-state index in [0.29, 0.717) is 5.56 Å². The molecule has 0 aromatic heterocycles. The Labute approximate surface area is 128 Å². The van der Waals surface area contributed by atoms with Crippen molar-refractivity contribution in [2.45, 2.75) is 13.0 Å². The standard InChI is InChI=1S/C14H12F3IN2/c1-7-3-2-4-9(13(7)18)14(20-19)8-5-6-10(15)12(17)11(8)16/h2-6,14,20H,19H2,1H3. The maximum absolute atomic E-state index is 13.9. The third-order valence-corrected chi connectivity index (χ3v) is 4.55. The van der Waals surface area contributed by atoms with Gasteiger partial charge in [-0.3, -0.25) is 5.84 Å². The van der Waals surface area contributed by atoms with Gasteiger partial charge in [-0.15, -0.1) is 0 Å². The summed E-state index contributed by atoms with van der Waals surface area (Å²) in [6.07, 6.45) is 0. The van der Waals surface area contributed by atoms with Gasteiger partial charge in [0.2, 0.25) is 0 Å². The van der Waals surface area contributed by atoms with E-state index in [9.17, 15) is 13.2 Å². The van der Waals surface area contributed by atoms with E-state index in [2.05, 4.69) is 28.0 Å². The monoisotopic (exact) mass is 392 g/mol. The third-order valence-electron chi connectivity index (χ3n) is 3.08. The summed E-state index contributed by atoms with van der Waals surface area (Å²) in [5, 5.41) is 0. The van der Waals surface area contributed by atoms with E-state index in [1.807, 2.05) is 13.0 Å². The van der Waals surface area contributed by atoms with Crippen molar-refractivity contribution in [1.29, 1.82) is 0 Å². The fourth-order valence-corrected chi connectivity index (χ4v) is 2.67. The number of hydrogen-bond acceptors (Lipinski definition) is 2. The molecule has 0 fully saturated rings. The fourth-order valence-electron chi connectivity index (χ4n) is 2.00. The van der Waals surface area contributed by atoms with Crippen LogP contribution in [0.2, 0.25) is 0 Å². The van der Waals surface area contributed by atoms with Crippen LogP contribution in [0.4, 0.5) is 13.2 Å². The van der Waals surface area contributed by atoms with Gasteiger partial charge in [-0.05, 0) is 46.7 Å². The van der Waals surface area contributed by atoms with Crippen LogP contribution < -0.4 is 11.3 Å². The molecule has 0 radical (unpaired) electrons. The SMILES string of the molecule is Cc1cccc(C(NN)c2ccc(F)c(F)c2F)c1I. The van der Waals surface area contributed by atoms with Crippen LogP contribution in [0.15, 0.2) is 30.3 Å². The van der Waals surface area contributed by atoms with E-state index in [0.717, 1.165) is 15.2 Å². The Hall–Kier alpha value is -1.12.